The average molecular weight is 531 g/mol. The van der Waals surface area contributed by atoms with E-state index in [1.165, 1.54) is 36.1 Å². The van der Waals surface area contributed by atoms with Crippen molar-refractivity contribution in [2.24, 2.45) is 5.92 Å². The van der Waals surface area contributed by atoms with Gasteiger partial charge in [0.15, 0.2) is 0 Å². The smallest absolute Gasteiger partial charge is 0.311 e. The average Bonchev–Trinajstić information content (AvgIpc) is 3.63. The van der Waals surface area contributed by atoms with Gasteiger partial charge in [-0.05, 0) is 87.6 Å². The van der Waals surface area contributed by atoms with Gasteiger partial charge < -0.3 is 15.0 Å². The lowest BCUT2D eigenvalue weighted by Gasteiger charge is -2.35. The first-order valence-corrected chi connectivity index (χ1v) is 15.4. The predicted molar refractivity (Wildman–Crippen MR) is 157 cm³/mol. The zero-order valence-electron chi connectivity index (χ0n) is 23.9. The van der Waals surface area contributed by atoms with Gasteiger partial charge >= 0.3 is 5.97 Å². The lowest BCUT2D eigenvalue weighted by molar-refractivity contribution is -0.150. The third-order valence-corrected chi connectivity index (χ3v) is 9.67. The summed E-state index contributed by atoms with van der Waals surface area (Å²) in [5.74, 6) is -0.306. The van der Waals surface area contributed by atoms with Crippen LogP contribution in [-0.4, -0.2) is 48.6 Å². The number of hydrogen-bond donors (Lipinski definition) is 1. The molecule has 2 aliphatic carbocycles. The molecule has 1 saturated heterocycles. The van der Waals surface area contributed by atoms with Crippen LogP contribution in [-0.2, 0) is 26.2 Å². The molecule has 210 valence electrons. The summed E-state index contributed by atoms with van der Waals surface area (Å²) in [7, 11) is 0. The number of amides is 1. The van der Waals surface area contributed by atoms with Crippen LogP contribution in [0.4, 0.5) is 0 Å². The Labute approximate surface area is 234 Å². The van der Waals surface area contributed by atoms with Crippen LogP contribution in [0.15, 0.2) is 48.5 Å². The maximum atomic E-state index is 13.9. The highest BCUT2D eigenvalue weighted by atomic mass is 16.5. The van der Waals surface area contributed by atoms with E-state index in [4.69, 9.17) is 4.74 Å². The first-order chi connectivity index (χ1) is 19.0. The Morgan fingerprint density at radius 3 is 2.21 bits per heavy atom. The molecule has 1 aliphatic heterocycles. The lowest BCUT2D eigenvalue weighted by atomic mass is 9.76. The second kappa shape index (κ2) is 12.7. The molecule has 39 heavy (non-hydrogen) atoms. The normalized spacial score (nSPS) is 24.9. The van der Waals surface area contributed by atoms with Crippen LogP contribution in [0, 0.1) is 5.92 Å². The van der Waals surface area contributed by atoms with Gasteiger partial charge in [0.2, 0.25) is 5.91 Å². The van der Waals surface area contributed by atoms with Gasteiger partial charge in [0.05, 0.1) is 17.9 Å². The van der Waals surface area contributed by atoms with Crippen molar-refractivity contribution in [2.75, 3.05) is 19.7 Å². The zero-order chi connectivity index (χ0) is 27.2. The van der Waals surface area contributed by atoms with Crippen molar-refractivity contribution in [2.45, 2.75) is 102 Å². The monoisotopic (exact) mass is 530 g/mol. The van der Waals surface area contributed by atoms with Crippen LogP contribution in [0.2, 0.25) is 0 Å². The number of carbonyl (C=O) groups is 2. The van der Waals surface area contributed by atoms with Crippen LogP contribution in [0.5, 0.6) is 0 Å². The summed E-state index contributed by atoms with van der Waals surface area (Å²) in [4.78, 5) is 29.1. The van der Waals surface area contributed by atoms with Gasteiger partial charge in [-0.2, -0.15) is 0 Å². The number of rotatable bonds is 9. The highest BCUT2D eigenvalue weighted by Crippen LogP contribution is 2.42. The quantitative estimate of drug-likeness (QED) is 0.380. The molecule has 0 bridgehead atoms. The molecule has 5 heteroatoms. The first-order valence-electron chi connectivity index (χ1n) is 15.4. The summed E-state index contributed by atoms with van der Waals surface area (Å²) < 4.78 is 5.34. The molecule has 2 aromatic carbocycles. The van der Waals surface area contributed by atoms with Crippen molar-refractivity contribution < 1.29 is 14.3 Å². The molecule has 5 nitrogen and oxygen atoms in total. The van der Waals surface area contributed by atoms with E-state index >= 15 is 0 Å². The molecule has 1 amide bonds. The second-order valence-corrected chi connectivity index (χ2v) is 12.1. The number of nitrogens with one attached hydrogen (secondary N) is 1. The number of carbonyl (C=O) groups excluding carboxylic acids is 2. The number of hydrogen-bond acceptors (Lipinski definition) is 4. The largest absolute Gasteiger partial charge is 0.466 e. The van der Waals surface area contributed by atoms with Crippen molar-refractivity contribution in [3.05, 3.63) is 59.7 Å². The molecule has 0 spiro atoms. The highest BCUT2D eigenvalue weighted by Gasteiger charge is 2.44. The fraction of sp³-hybridized carbons (Fsp3) is 0.588. The van der Waals surface area contributed by atoms with Crippen molar-refractivity contribution in [1.82, 2.24) is 10.2 Å². The van der Waals surface area contributed by atoms with Gasteiger partial charge in [-0.3, -0.25) is 9.59 Å². The van der Waals surface area contributed by atoms with Gasteiger partial charge in [0, 0.05) is 18.6 Å². The summed E-state index contributed by atoms with van der Waals surface area (Å²) in [6.45, 7) is 6.94. The number of ether oxygens (including phenoxy) is 1. The van der Waals surface area contributed by atoms with Crippen LogP contribution < -0.4 is 5.32 Å². The minimum Gasteiger partial charge on any atom is -0.466 e. The molecule has 5 rings (SSSR count). The number of likely N-dealkylation sites (tertiary alicyclic amines) is 1. The summed E-state index contributed by atoms with van der Waals surface area (Å²) in [6, 6.07) is 18.2. The van der Waals surface area contributed by atoms with Crippen molar-refractivity contribution in [1.29, 1.82) is 0 Å². The highest BCUT2D eigenvalue weighted by molar-refractivity contribution is 5.89. The van der Waals surface area contributed by atoms with Gasteiger partial charge in [-0.1, -0.05) is 74.2 Å². The molecule has 1 N–H and O–H groups in total. The first kappa shape index (κ1) is 27.9. The van der Waals surface area contributed by atoms with Crippen LogP contribution in [0.25, 0.3) is 11.1 Å². The van der Waals surface area contributed by atoms with E-state index in [1.807, 2.05) is 6.92 Å². The fourth-order valence-electron chi connectivity index (χ4n) is 7.21. The van der Waals surface area contributed by atoms with E-state index < -0.39 is 5.41 Å². The molecule has 0 unspecified atom stereocenters. The van der Waals surface area contributed by atoms with Gasteiger partial charge in [-0.25, -0.2) is 0 Å². The molecule has 3 fully saturated rings. The Hall–Kier alpha value is -2.66. The minimum absolute atomic E-state index is 0.0885. The standard InChI is InChI=1S/C34H46N2O3/c1-3-39-32(37)30-10-4-5-11-31(30)35-33(38)34(21-6-7-22-34)29-18-16-28(17-19-29)27-14-12-26(13-15-27)20-24-36-23-8-9-25(36)2/h12-19,25,30-31H,3-11,20-24H2,1-2H3,(H,35,38)/t25-,30-,31+/m1/s1. The molecule has 3 aliphatic rings. The molecule has 2 saturated carbocycles. The van der Waals surface area contributed by atoms with Gasteiger partial charge in [0.25, 0.3) is 0 Å². The second-order valence-electron chi connectivity index (χ2n) is 12.1. The van der Waals surface area contributed by atoms with Crippen LogP contribution in [0.1, 0.15) is 89.2 Å². The van der Waals surface area contributed by atoms with Crippen LogP contribution >= 0.6 is 0 Å². The zero-order valence-corrected chi connectivity index (χ0v) is 23.9. The minimum atomic E-state index is -0.508. The Balaban J connectivity index is 1.26. The Bertz CT molecular complexity index is 1100. The van der Waals surface area contributed by atoms with E-state index in [1.54, 1.807) is 0 Å². The van der Waals surface area contributed by atoms with E-state index in [0.717, 1.165) is 75.9 Å². The maximum Gasteiger partial charge on any atom is 0.311 e. The molecular weight excluding hydrogens is 484 g/mol. The Morgan fingerprint density at radius 2 is 1.56 bits per heavy atom. The molecule has 3 atom stereocenters. The van der Waals surface area contributed by atoms with E-state index in [9.17, 15) is 9.59 Å². The van der Waals surface area contributed by atoms with E-state index in [2.05, 4.69) is 65.7 Å². The Kier molecular flexibility index (Phi) is 9.06. The van der Waals surface area contributed by atoms with E-state index in [0.29, 0.717) is 6.61 Å². The summed E-state index contributed by atoms with van der Waals surface area (Å²) in [5.41, 5.74) is 4.37. The molecule has 1 heterocycles. The number of esters is 1. The predicted octanol–water partition coefficient (Wildman–Crippen LogP) is 6.43. The molecule has 0 radical (unpaired) electrons. The summed E-state index contributed by atoms with van der Waals surface area (Å²) in [5, 5.41) is 3.33. The molecule has 2 aromatic rings. The lowest BCUT2D eigenvalue weighted by Crippen LogP contribution is -2.51. The SMILES string of the molecule is CCOC(=O)[C@@H]1CCCC[C@@H]1NC(=O)C1(c2ccc(-c3ccc(CCN4CCC[C@H]4C)cc3)cc2)CCCC1. The van der Waals surface area contributed by atoms with Gasteiger partial charge in [-0.15, -0.1) is 0 Å². The maximum absolute atomic E-state index is 13.9. The van der Waals surface area contributed by atoms with Gasteiger partial charge in [0.1, 0.15) is 0 Å². The molecule has 0 aromatic heterocycles. The fourth-order valence-corrected chi connectivity index (χ4v) is 7.21. The molecular formula is C34H46N2O3. The Morgan fingerprint density at radius 1 is 0.897 bits per heavy atom. The van der Waals surface area contributed by atoms with Crippen molar-refractivity contribution in [3.8, 4) is 11.1 Å². The van der Waals surface area contributed by atoms with E-state index in [-0.39, 0.29) is 23.8 Å². The summed E-state index contributed by atoms with van der Waals surface area (Å²) in [6.07, 6.45) is 11.3. The summed E-state index contributed by atoms with van der Waals surface area (Å²) >= 11 is 0. The third-order valence-electron chi connectivity index (χ3n) is 9.67. The number of nitrogens with zero attached hydrogens (tertiary/aromatic N) is 1. The van der Waals surface area contributed by atoms with Crippen LogP contribution in [0.3, 0.4) is 0 Å². The topological polar surface area (TPSA) is 58.6 Å². The van der Waals surface area contributed by atoms with Crippen molar-refractivity contribution >= 4 is 11.9 Å². The third kappa shape index (κ3) is 6.24. The van der Waals surface area contributed by atoms with Crippen molar-refractivity contribution in [3.63, 3.8) is 0 Å². The number of benzene rings is 2.